The van der Waals surface area contributed by atoms with Crippen LogP contribution in [0.15, 0.2) is 78.5 Å². The fraction of sp³-hybridized carbons (Fsp3) is 0.143. The van der Waals surface area contributed by atoms with E-state index in [0.717, 1.165) is 0 Å². The third-order valence-corrected chi connectivity index (χ3v) is 3.99. The molecule has 1 atom stereocenters. The van der Waals surface area contributed by atoms with Crippen molar-refractivity contribution in [1.29, 1.82) is 0 Å². The lowest BCUT2D eigenvalue weighted by atomic mass is 9.95. The summed E-state index contributed by atoms with van der Waals surface area (Å²) >= 11 is 0. The van der Waals surface area contributed by atoms with Crippen LogP contribution < -0.4 is 15.4 Å². The first-order chi connectivity index (χ1) is 13.1. The van der Waals surface area contributed by atoms with E-state index in [-0.39, 0.29) is 12.6 Å². The zero-order valence-corrected chi connectivity index (χ0v) is 14.9. The second-order valence-electron chi connectivity index (χ2n) is 5.94. The zero-order chi connectivity index (χ0) is 19.2. The minimum absolute atomic E-state index is 0.0907. The van der Waals surface area contributed by atoms with Crippen molar-refractivity contribution in [3.05, 3.63) is 84.1 Å². The number of ether oxygens (including phenoxy) is 2. The van der Waals surface area contributed by atoms with Crippen molar-refractivity contribution in [1.82, 2.24) is 10.6 Å². The number of urea groups is 1. The van der Waals surface area contributed by atoms with Crippen molar-refractivity contribution < 1.29 is 19.1 Å². The van der Waals surface area contributed by atoms with Gasteiger partial charge in [0, 0.05) is 5.70 Å². The Bertz CT molecular complexity index is 890. The molecule has 0 aromatic heterocycles. The van der Waals surface area contributed by atoms with Crippen LogP contribution in [0.3, 0.4) is 0 Å². The molecule has 1 heterocycles. The maximum atomic E-state index is 12.5. The molecule has 6 nitrogen and oxygen atoms in total. The molecule has 2 N–H and O–H groups in total. The second-order valence-corrected chi connectivity index (χ2v) is 5.94. The molecule has 138 valence electrons. The third-order valence-electron chi connectivity index (χ3n) is 3.99. The van der Waals surface area contributed by atoms with Crippen LogP contribution in [0.2, 0.25) is 0 Å². The molecule has 0 saturated carbocycles. The monoisotopic (exact) mass is 364 g/mol. The molecule has 1 aliphatic heterocycles. The lowest BCUT2D eigenvalue weighted by molar-refractivity contribution is -0.138. The molecular formula is C21H20N2O4. The first kappa shape index (κ1) is 18.3. The maximum absolute atomic E-state index is 12.5. The van der Waals surface area contributed by atoms with Gasteiger partial charge in [-0.15, -0.1) is 0 Å². The van der Waals surface area contributed by atoms with Crippen molar-refractivity contribution >= 4 is 12.0 Å². The highest BCUT2D eigenvalue weighted by molar-refractivity contribution is 5.95. The third kappa shape index (κ3) is 4.36. The Balaban J connectivity index is 1.91. The van der Waals surface area contributed by atoms with Crippen LogP contribution >= 0.6 is 0 Å². The lowest BCUT2D eigenvalue weighted by Gasteiger charge is -2.28. The molecule has 0 fully saturated rings. The number of carbonyl (C=O) groups excluding carboxylic acids is 2. The van der Waals surface area contributed by atoms with Gasteiger partial charge in [0.1, 0.15) is 18.1 Å². The highest BCUT2D eigenvalue weighted by atomic mass is 16.5. The van der Waals surface area contributed by atoms with Gasteiger partial charge in [-0.3, -0.25) is 0 Å². The van der Waals surface area contributed by atoms with Gasteiger partial charge >= 0.3 is 12.0 Å². The molecule has 27 heavy (non-hydrogen) atoms. The van der Waals surface area contributed by atoms with Gasteiger partial charge in [-0.2, -0.15) is 0 Å². The number of hydrogen-bond donors (Lipinski definition) is 2. The van der Waals surface area contributed by atoms with Gasteiger partial charge in [-0.25, -0.2) is 9.59 Å². The van der Waals surface area contributed by atoms with Crippen LogP contribution in [-0.4, -0.2) is 18.6 Å². The van der Waals surface area contributed by atoms with Gasteiger partial charge in [0.2, 0.25) is 0 Å². The van der Waals surface area contributed by atoms with Crippen molar-refractivity contribution in [3.8, 4) is 11.5 Å². The summed E-state index contributed by atoms with van der Waals surface area (Å²) in [7, 11) is 0. The summed E-state index contributed by atoms with van der Waals surface area (Å²) in [6.07, 6.45) is 1.49. The Morgan fingerprint density at radius 2 is 1.89 bits per heavy atom. The topological polar surface area (TPSA) is 76.7 Å². The van der Waals surface area contributed by atoms with Crippen molar-refractivity contribution in [2.24, 2.45) is 0 Å². The number of esters is 1. The molecule has 2 aromatic carbocycles. The molecule has 0 unspecified atom stereocenters. The minimum Gasteiger partial charge on any atom is -0.458 e. The SMILES string of the molecule is C=CCOC(=O)C1=C(C)NC(=O)N[C@H]1c1cccc(Oc2ccccc2)c1. The summed E-state index contributed by atoms with van der Waals surface area (Å²) in [5.41, 5.74) is 1.50. The Morgan fingerprint density at radius 1 is 1.15 bits per heavy atom. The second kappa shape index (κ2) is 8.23. The average molecular weight is 364 g/mol. The molecule has 1 aliphatic rings. The number of nitrogens with one attached hydrogen (secondary N) is 2. The van der Waals surface area contributed by atoms with E-state index < -0.39 is 12.0 Å². The van der Waals surface area contributed by atoms with Crippen molar-refractivity contribution in [2.45, 2.75) is 13.0 Å². The Labute approximate surface area is 157 Å². The zero-order valence-electron chi connectivity index (χ0n) is 14.9. The summed E-state index contributed by atoms with van der Waals surface area (Å²) in [6, 6.07) is 15.6. The first-order valence-corrected chi connectivity index (χ1v) is 8.47. The number of allylic oxidation sites excluding steroid dienone is 1. The number of rotatable bonds is 6. The smallest absolute Gasteiger partial charge is 0.338 e. The van der Waals surface area contributed by atoms with E-state index in [4.69, 9.17) is 9.47 Å². The standard InChI is InChI=1S/C21H20N2O4/c1-3-12-26-20(24)18-14(2)22-21(25)23-19(18)15-8-7-11-17(13-15)27-16-9-5-4-6-10-16/h3-11,13,19H,1,12H2,2H3,(H2,22,23,25)/t19-/m0/s1. The molecule has 6 heteroatoms. The minimum atomic E-state index is -0.643. The van der Waals surface area contributed by atoms with Gasteiger partial charge in [0.15, 0.2) is 0 Å². The largest absolute Gasteiger partial charge is 0.458 e. The van der Waals surface area contributed by atoms with Crippen LogP contribution in [0.4, 0.5) is 4.79 Å². The van der Waals surface area contributed by atoms with Gasteiger partial charge in [0.25, 0.3) is 0 Å². The molecule has 0 spiro atoms. The van der Waals surface area contributed by atoms with Gasteiger partial charge in [0.05, 0.1) is 11.6 Å². The fourth-order valence-corrected chi connectivity index (χ4v) is 2.81. The van der Waals surface area contributed by atoms with Crippen molar-refractivity contribution in [3.63, 3.8) is 0 Å². The Hall–Kier alpha value is -3.54. The molecule has 0 saturated heterocycles. The van der Waals surface area contributed by atoms with Crippen molar-refractivity contribution in [2.75, 3.05) is 6.61 Å². The molecule has 3 rings (SSSR count). The summed E-state index contributed by atoms with van der Waals surface area (Å²) in [6.45, 7) is 5.30. The molecule has 0 bridgehead atoms. The lowest BCUT2D eigenvalue weighted by Crippen LogP contribution is -2.45. The van der Waals surface area contributed by atoms with E-state index in [1.54, 1.807) is 13.0 Å². The highest BCUT2D eigenvalue weighted by Crippen LogP contribution is 2.31. The molecular weight excluding hydrogens is 344 g/mol. The summed E-state index contributed by atoms with van der Waals surface area (Å²) in [4.78, 5) is 24.4. The number of carbonyl (C=O) groups is 2. The number of benzene rings is 2. The van der Waals surface area contributed by atoms with Crippen LogP contribution in [0, 0.1) is 0 Å². The van der Waals surface area contributed by atoms with Crippen LogP contribution in [0.1, 0.15) is 18.5 Å². The van der Waals surface area contributed by atoms with Gasteiger partial charge in [-0.1, -0.05) is 43.0 Å². The van der Waals surface area contributed by atoms with E-state index in [2.05, 4.69) is 17.2 Å². The first-order valence-electron chi connectivity index (χ1n) is 8.47. The Kier molecular flexibility index (Phi) is 5.56. The quantitative estimate of drug-likeness (QED) is 0.603. The van der Waals surface area contributed by atoms with Crippen LogP contribution in [0.5, 0.6) is 11.5 Å². The summed E-state index contributed by atoms with van der Waals surface area (Å²) in [5.74, 6) is 0.781. The number of amides is 2. The van der Waals surface area contributed by atoms with E-state index in [0.29, 0.717) is 28.3 Å². The number of hydrogen-bond acceptors (Lipinski definition) is 4. The van der Waals surface area contributed by atoms with E-state index >= 15 is 0 Å². The maximum Gasteiger partial charge on any atom is 0.338 e. The Morgan fingerprint density at radius 3 is 2.63 bits per heavy atom. The van der Waals surface area contributed by atoms with E-state index in [1.165, 1.54) is 6.08 Å². The van der Waals surface area contributed by atoms with Crippen LogP contribution in [-0.2, 0) is 9.53 Å². The predicted octanol–water partition coefficient (Wildman–Crippen LogP) is 3.84. The van der Waals surface area contributed by atoms with Crippen LogP contribution in [0.25, 0.3) is 0 Å². The van der Waals surface area contributed by atoms with E-state index in [9.17, 15) is 9.59 Å². The van der Waals surface area contributed by atoms with Gasteiger partial charge < -0.3 is 20.1 Å². The normalized spacial score (nSPS) is 16.2. The fourth-order valence-electron chi connectivity index (χ4n) is 2.81. The number of para-hydroxylation sites is 1. The highest BCUT2D eigenvalue weighted by Gasteiger charge is 2.32. The summed E-state index contributed by atoms with van der Waals surface area (Å²) in [5, 5.41) is 5.38. The van der Waals surface area contributed by atoms with Gasteiger partial charge in [-0.05, 0) is 36.8 Å². The predicted molar refractivity (Wildman–Crippen MR) is 101 cm³/mol. The average Bonchev–Trinajstić information content (AvgIpc) is 2.66. The molecule has 2 aromatic rings. The van der Waals surface area contributed by atoms with E-state index in [1.807, 2.05) is 48.5 Å². The molecule has 0 radical (unpaired) electrons. The molecule has 0 aliphatic carbocycles. The summed E-state index contributed by atoms with van der Waals surface area (Å²) < 4.78 is 11.0. The molecule has 2 amide bonds.